The van der Waals surface area contributed by atoms with Gasteiger partial charge in [-0.25, -0.2) is 8.42 Å². The van der Waals surface area contributed by atoms with E-state index in [-0.39, 0.29) is 16.3 Å². The number of anilines is 2. The molecular formula is C14H16N2O4S. The highest BCUT2D eigenvalue weighted by Gasteiger charge is 2.20. The lowest BCUT2D eigenvalue weighted by Gasteiger charge is -2.13. The molecule has 0 bridgehead atoms. The van der Waals surface area contributed by atoms with E-state index in [0.717, 1.165) is 0 Å². The molecule has 0 unspecified atom stereocenters. The van der Waals surface area contributed by atoms with E-state index in [1.165, 1.54) is 26.4 Å². The zero-order chi connectivity index (χ0) is 15.5. The zero-order valence-corrected chi connectivity index (χ0v) is 12.5. The fourth-order valence-corrected chi connectivity index (χ4v) is 3.04. The van der Waals surface area contributed by atoms with E-state index in [9.17, 15) is 8.42 Å². The molecule has 0 radical (unpaired) electrons. The minimum atomic E-state index is -3.81. The van der Waals surface area contributed by atoms with E-state index in [2.05, 4.69) is 4.72 Å². The maximum Gasteiger partial charge on any atom is 0.265 e. The van der Waals surface area contributed by atoms with Gasteiger partial charge < -0.3 is 15.2 Å². The summed E-state index contributed by atoms with van der Waals surface area (Å²) < 4.78 is 37.5. The Bertz CT molecular complexity index is 744. The molecule has 6 nitrogen and oxygen atoms in total. The van der Waals surface area contributed by atoms with E-state index in [1.807, 2.05) is 0 Å². The average molecular weight is 308 g/mol. The van der Waals surface area contributed by atoms with Crippen molar-refractivity contribution >= 4 is 21.4 Å². The lowest BCUT2D eigenvalue weighted by molar-refractivity contribution is 0.403. The van der Waals surface area contributed by atoms with Gasteiger partial charge in [0.1, 0.15) is 16.4 Å². The fraction of sp³-hybridized carbons (Fsp3) is 0.143. The molecule has 0 fully saturated rings. The molecule has 0 aliphatic heterocycles. The van der Waals surface area contributed by atoms with Crippen molar-refractivity contribution in [1.82, 2.24) is 0 Å². The second kappa shape index (κ2) is 5.92. The van der Waals surface area contributed by atoms with Crippen LogP contribution in [0, 0.1) is 0 Å². The Morgan fingerprint density at radius 2 is 1.76 bits per heavy atom. The summed E-state index contributed by atoms with van der Waals surface area (Å²) in [5.74, 6) is 0.758. The number of hydrogen-bond donors (Lipinski definition) is 2. The third kappa shape index (κ3) is 3.19. The van der Waals surface area contributed by atoms with Crippen LogP contribution in [0.15, 0.2) is 47.4 Å². The van der Waals surface area contributed by atoms with Gasteiger partial charge in [-0.05, 0) is 24.3 Å². The number of ether oxygens (including phenoxy) is 2. The van der Waals surface area contributed by atoms with Gasteiger partial charge >= 0.3 is 0 Å². The lowest BCUT2D eigenvalue weighted by atomic mass is 10.2. The van der Waals surface area contributed by atoms with Crippen LogP contribution in [0.5, 0.6) is 11.5 Å². The van der Waals surface area contributed by atoms with Gasteiger partial charge in [0.25, 0.3) is 10.0 Å². The van der Waals surface area contributed by atoms with E-state index in [1.54, 1.807) is 30.3 Å². The SMILES string of the molecule is COc1ccc(N)c(NS(=O)(=O)c2ccccc2OC)c1. The summed E-state index contributed by atoms with van der Waals surface area (Å²) in [5.41, 5.74) is 6.34. The first-order valence-corrected chi connectivity index (χ1v) is 7.55. The van der Waals surface area contributed by atoms with Crippen molar-refractivity contribution in [3.05, 3.63) is 42.5 Å². The van der Waals surface area contributed by atoms with Crippen molar-refractivity contribution in [2.45, 2.75) is 4.90 Å². The topological polar surface area (TPSA) is 90.6 Å². The molecule has 0 spiro atoms. The highest BCUT2D eigenvalue weighted by atomic mass is 32.2. The molecule has 7 heteroatoms. The summed E-state index contributed by atoms with van der Waals surface area (Å²) in [6, 6.07) is 11.1. The van der Waals surface area contributed by atoms with Crippen molar-refractivity contribution in [2.75, 3.05) is 24.7 Å². The fourth-order valence-electron chi connectivity index (χ4n) is 1.79. The van der Waals surface area contributed by atoms with Gasteiger partial charge in [0.15, 0.2) is 0 Å². The third-order valence-electron chi connectivity index (χ3n) is 2.86. The highest BCUT2D eigenvalue weighted by molar-refractivity contribution is 7.92. The first-order valence-electron chi connectivity index (χ1n) is 6.07. The number of hydrogen-bond acceptors (Lipinski definition) is 5. The monoisotopic (exact) mass is 308 g/mol. The second-order valence-corrected chi connectivity index (χ2v) is 5.86. The Hall–Kier alpha value is -2.41. The number of methoxy groups -OCH3 is 2. The van der Waals surface area contributed by atoms with Gasteiger partial charge in [0.2, 0.25) is 0 Å². The Morgan fingerprint density at radius 3 is 2.43 bits per heavy atom. The van der Waals surface area contributed by atoms with Gasteiger partial charge in [0.05, 0.1) is 25.6 Å². The molecule has 0 saturated carbocycles. The molecular weight excluding hydrogens is 292 g/mol. The van der Waals surface area contributed by atoms with Crippen LogP contribution in [0.3, 0.4) is 0 Å². The van der Waals surface area contributed by atoms with E-state index in [0.29, 0.717) is 11.4 Å². The molecule has 0 atom stereocenters. The summed E-state index contributed by atoms with van der Waals surface area (Å²) >= 11 is 0. The largest absolute Gasteiger partial charge is 0.497 e. The Balaban J connectivity index is 2.42. The van der Waals surface area contributed by atoms with Crippen molar-refractivity contribution in [3.63, 3.8) is 0 Å². The minimum Gasteiger partial charge on any atom is -0.497 e. The number of nitrogen functional groups attached to an aromatic ring is 1. The first-order chi connectivity index (χ1) is 9.97. The molecule has 112 valence electrons. The maximum absolute atomic E-state index is 12.4. The summed E-state index contributed by atoms with van der Waals surface area (Å²) in [6.07, 6.45) is 0. The summed E-state index contributed by atoms with van der Waals surface area (Å²) in [7, 11) is -0.913. The Morgan fingerprint density at radius 1 is 1.05 bits per heavy atom. The van der Waals surface area contributed by atoms with E-state index >= 15 is 0 Å². The molecule has 21 heavy (non-hydrogen) atoms. The van der Waals surface area contributed by atoms with Gasteiger partial charge in [-0.1, -0.05) is 12.1 Å². The van der Waals surface area contributed by atoms with Gasteiger partial charge in [-0.3, -0.25) is 4.72 Å². The summed E-state index contributed by atoms with van der Waals surface area (Å²) in [5, 5.41) is 0. The normalized spacial score (nSPS) is 11.0. The number of benzene rings is 2. The van der Waals surface area contributed by atoms with Gasteiger partial charge in [-0.2, -0.15) is 0 Å². The highest BCUT2D eigenvalue weighted by Crippen LogP contribution is 2.29. The van der Waals surface area contributed by atoms with Crippen LogP contribution in [0.2, 0.25) is 0 Å². The lowest BCUT2D eigenvalue weighted by Crippen LogP contribution is -2.15. The van der Waals surface area contributed by atoms with E-state index < -0.39 is 10.0 Å². The first kappa shape index (κ1) is 15.0. The van der Waals surface area contributed by atoms with Crippen LogP contribution >= 0.6 is 0 Å². The number of nitrogens with one attached hydrogen (secondary N) is 1. The average Bonchev–Trinajstić information content (AvgIpc) is 2.49. The van der Waals surface area contributed by atoms with Crippen molar-refractivity contribution in [3.8, 4) is 11.5 Å². The predicted molar refractivity (Wildman–Crippen MR) is 81.2 cm³/mol. The van der Waals surface area contributed by atoms with Gasteiger partial charge in [0, 0.05) is 6.07 Å². The molecule has 0 saturated heterocycles. The number of para-hydroxylation sites is 1. The van der Waals surface area contributed by atoms with Crippen LogP contribution in [0.25, 0.3) is 0 Å². The van der Waals surface area contributed by atoms with Crippen LogP contribution in [-0.2, 0) is 10.0 Å². The van der Waals surface area contributed by atoms with Crippen molar-refractivity contribution in [1.29, 1.82) is 0 Å². The molecule has 2 aromatic rings. The molecule has 2 aromatic carbocycles. The van der Waals surface area contributed by atoms with Crippen LogP contribution < -0.4 is 19.9 Å². The van der Waals surface area contributed by atoms with Crippen LogP contribution in [-0.4, -0.2) is 22.6 Å². The zero-order valence-electron chi connectivity index (χ0n) is 11.7. The van der Waals surface area contributed by atoms with Crippen LogP contribution in [0.1, 0.15) is 0 Å². The molecule has 0 aromatic heterocycles. The minimum absolute atomic E-state index is 0.0368. The standard InChI is InChI=1S/C14H16N2O4S/c1-19-10-7-8-11(15)12(9-10)16-21(17,18)14-6-4-3-5-13(14)20-2/h3-9,16H,15H2,1-2H3. The molecule has 2 rings (SSSR count). The van der Waals surface area contributed by atoms with Crippen molar-refractivity contribution in [2.24, 2.45) is 0 Å². The quantitative estimate of drug-likeness (QED) is 0.825. The summed E-state index contributed by atoms with van der Waals surface area (Å²) in [6.45, 7) is 0. The molecule has 0 aliphatic carbocycles. The van der Waals surface area contributed by atoms with E-state index in [4.69, 9.17) is 15.2 Å². The Kier molecular flexibility index (Phi) is 4.23. The number of rotatable bonds is 5. The van der Waals surface area contributed by atoms with Crippen molar-refractivity contribution < 1.29 is 17.9 Å². The van der Waals surface area contributed by atoms with Gasteiger partial charge in [-0.15, -0.1) is 0 Å². The number of sulfonamides is 1. The Labute approximate surface area is 123 Å². The third-order valence-corrected chi connectivity index (χ3v) is 4.27. The molecule has 0 heterocycles. The molecule has 0 aliphatic rings. The molecule has 3 N–H and O–H groups in total. The maximum atomic E-state index is 12.4. The summed E-state index contributed by atoms with van der Waals surface area (Å²) in [4.78, 5) is 0.0368. The smallest absolute Gasteiger partial charge is 0.265 e. The second-order valence-electron chi connectivity index (χ2n) is 4.21. The molecule has 0 amide bonds. The number of nitrogens with two attached hydrogens (primary N) is 1. The predicted octanol–water partition coefficient (Wildman–Crippen LogP) is 2.09. The van der Waals surface area contributed by atoms with Crippen LogP contribution in [0.4, 0.5) is 11.4 Å².